The van der Waals surface area contributed by atoms with Gasteiger partial charge in [-0.25, -0.2) is 0 Å². The van der Waals surface area contributed by atoms with Crippen LogP contribution in [0, 0.1) is 0 Å². The van der Waals surface area contributed by atoms with E-state index in [0.29, 0.717) is 0 Å². The third kappa shape index (κ3) is 5.79. The third-order valence-electron chi connectivity index (χ3n) is 4.02. The summed E-state index contributed by atoms with van der Waals surface area (Å²) in [5, 5.41) is 79.2. The molecule has 154 valence electrons. The average Bonchev–Trinajstić information content (AvgIpc) is 2.61. The largest absolute Gasteiger partial charge is 0.394 e. The standard InChI is InChI=1S/C14H27NO11/c1-5(18)15-6(2-16)9(20)10(21)7(19)4-25-14-13(24)12(23)11(22)8(3-17)26-14/h6-14,16-17,19-24H,2-4H2,1H3,(H,15,18)/t6-,7+,8+,9+,10+,11-,12-,13+,14+/m0/s1. The van der Waals surface area contributed by atoms with Gasteiger partial charge in [-0.3, -0.25) is 4.79 Å². The molecule has 1 heterocycles. The highest BCUT2D eigenvalue weighted by Crippen LogP contribution is 2.22. The Balaban J connectivity index is 2.61. The van der Waals surface area contributed by atoms with E-state index in [-0.39, 0.29) is 0 Å². The Morgan fingerprint density at radius 2 is 1.69 bits per heavy atom. The van der Waals surface area contributed by atoms with Crippen molar-refractivity contribution < 1.29 is 55.1 Å². The van der Waals surface area contributed by atoms with E-state index in [1.54, 1.807) is 0 Å². The number of hydrogen-bond donors (Lipinski definition) is 9. The van der Waals surface area contributed by atoms with Crippen LogP contribution in [0.15, 0.2) is 0 Å². The molecule has 0 spiro atoms. The second kappa shape index (κ2) is 10.4. The minimum absolute atomic E-state index is 0.567. The molecule has 1 aliphatic rings. The minimum Gasteiger partial charge on any atom is -0.394 e. The van der Waals surface area contributed by atoms with Gasteiger partial charge >= 0.3 is 0 Å². The van der Waals surface area contributed by atoms with Gasteiger partial charge in [-0.15, -0.1) is 0 Å². The number of nitrogens with one attached hydrogen (secondary N) is 1. The summed E-state index contributed by atoms with van der Waals surface area (Å²) in [5.41, 5.74) is 0. The predicted octanol–water partition coefficient (Wildman–Crippen LogP) is -5.62. The van der Waals surface area contributed by atoms with Gasteiger partial charge in [0.05, 0.1) is 25.9 Å². The predicted molar refractivity (Wildman–Crippen MR) is 82.4 cm³/mol. The lowest BCUT2D eigenvalue weighted by Crippen LogP contribution is -2.60. The van der Waals surface area contributed by atoms with Gasteiger partial charge < -0.3 is 55.6 Å². The van der Waals surface area contributed by atoms with E-state index in [1.165, 1.54) is 0 Å². The quantitative estimate of drug-likeness (QED) is 0.183. The molecule has 1 aliphatic heterocycles. The van der Waals surface area contributed by atoms with E-state index >= 15 is 0 Å². The maximum Gasteiger partial charge on any atom is 0.217 e. The molecule has 12 nitrogen and oxygen atoms in total. The summed E-state index contributed by atoms with van der Waals surface area (Å²) in [5.74, 6) is -0.567. The van der Waals surface area contributed by atoms with Crippen LogP contribution in [0.5, 0.6) is 0 Å². The Morgan fingerprint density at radius 3 is 2.19 bits per heavy atom. The fraction of sp³-hybridized carbons (Fsp3) is 0.929. The maximum absolute atomic E-state index is 11.0. The Morgan fingerprint density at radius 1 is 1.08 bits per heavy atom. The van der Waals surface area contributed by atoms with Crippen molar-refractivity contribution in [2.24, 2.45) is 0 Å². The summed E-state index contributed by atoms with van der Waals surface area (Å²) in [6.07, 6.45) is -12.9. The number of aliphatic hydroxyl groups excluding tert-OH is 8. The van der Waals surface area contributed by atoms with Crippen molar-refractivity contribution in [3.8, 4) is 0 Å². The van der Waals surface area contributed by atoms with Crippen molar-refractivity contribution in [1.29, 1.82) is 0 Å². The molecule has 0 aromatic carbocycles. The summed E-state index contributed by atoms with van der Waals surface area (Å²) in [4.78, 5) is 11.0. The molecule has 9 atom stereocenters. The number of aliphatic hydroxyl groups is 8. The Labute approximate surface area is 149 Å². The SMILES string of the molecule is CC(=O)N[C@@H](CO)[C@@H](O)[C@H](O)[C@H](O)CO[C@@H]1O[C@H](CO)[C@H](O)[C@H](O)[C@H]1O. The van der Waals surface area contributed by atoms with Crippen molar-refractivity contribution >= 4 is 5.91 Å². The summed E-state index contributed by atoms with van der Waals surface area (Å²) in [6, 6.07) is -1.23. The zero-order valence-corrected chi connectivity index (χ0v) is 14.1. The molecular formula is C14H27NO11. The molecule has 1 fully saturated rings. The van der Waals surface area contributed by atoms with Crippen LogP contribution in [-0.4, -0.2) is 122 Å². The van der Waals surface area contributed by atoms with Crippen LogP contribution in [0.4, 0.5) is 0 Å². The molecule has 0 unspecified atom stereocenters. The molecule has 0 bridgehead atoms. The van der Waals surface area contributed by atoms with Gasteiger partial charge in [0, 0.05) is 6.92 Å². The first-order valence-electron chi connectivity index (χ1n) is 7.98. The van der Waals surface area contributed by atoms with E-state index in [0.717, 1.165) is 6.92 Å². The van der Waals surface area contributed by atoms with Crippen molar-refractivity contribution in [1.82, 2.24) is 5.32 Å². The van der Waals surface area contributed by atoms with Crippen LogP contribution in [0.2, 0.25) is 0 Å². The Hall–Kier alpha value is -0.930. The van der Waals surface area contributed by atoms with Gasteiger partial charge in [0.15, 0.2) is 6.29 Å². The Bertz CT molecular complexity index is 437. The monoisotopic (exact) mass is 385 g/mol. The van der Waals surface area contributed by atoms with Crippen LogP contribution in [0.25, 0.3) is 0 Å². The first kappa shape index (κ1) is 23.1. The molecular weight excluding hydrogens is 358 g/mol. The average molecular weight is 385 g/mol. The molecule has 12 heteroatoms. The summed E-state index contributed by atoms with van der Waals surface area (Å²) < 4.78 is 10.1. The van der Waals surface area contributed by atoms with Gasteiger partial charge in [0.2, 0.25) is 5.91 Å². The molecule has 0 aliphatic carbocycles. The fourth-order valence-electron chi connectivity index (χ4n) is 2.46. The number of rotatable bonds is 9. The maximum atomic E-state index is 11.0. The van der Waals surface area contributed by atoms with E-state index in [4.69, 9.17) is 19.7 Å². The van der Waals surface area contributed by atoms with Gasteiger partial charge in [0.1, 0.15) is 42.7 Å². The molecule has 0 aromatic rings. The number of hydrogen-bond acceptors (Lipinski definition) is 11. The van der Waals surface area contributed by atoms with Gasteiger partial charge in [0.25, 0.3) is 0 Å². The smallest absolute Gasteiger partial charge is 0.217 e. The lowest BCUT2D eigenvalue weighted by molar-refractivity contribution is -0.306. The van der Waals surface area contributed by atoms with Crippen LogP contribution >= 0.6 is 0 Å². The van der Waals surface area contributed by atoms with Crippen LogP contribution in [-0.2, 0) is 14.3 Å². The molecule has 1 rings (SSSR count). The second-order valence-corrected chi connectivity index (χ2v) is 6.07. The van der Waals surface area contributed by atoms with E-state index in [9.17, 15) is 35.4 Å². The number of carbonyl (C=O) groups excluding carboxylic acids is 1. The van der Waals surface area contributed by atoms with E-state index < -0.39 is 80.8 Å². The molecule has 26 heavy (non-hydrogen) atoms. The first-order chi connectivity index (χ1) is 12.1. The van der Waals surface area contributed by atoms with Crippen molar-refractivity contribution in [2.45, 2.75) is 62.0 Å². The Kier molecular flexibility index (Phi) is 9.26. The van der Waals surface area contributed by atoms with Crippen molar-refractivity contribution in [2.75, 3.05) is 19.8 Å². The summed E-state index contributed by atoms with van der Waals surface area (Å²) >= 11 is 0. The zero-order chi connectivity index (χ0) is 20.0. The molecule has 1 amide bonds. The highest BCUT2D eigenvalue weighted by atomic mass is 16.7. The topological polar surface area (TPSA) is 209 Å². The highest BCUT2D eigenvalue weighted by molar-refractivity contribution is 5.73. The van der Waals surface area contributed by atoms with Crippen LogP contribution < -0.4 is 5.32 Å². The zero-order valence-electron chi connectivity index (χ0n) is 14.1. The normalized spacial score (nSPS) is 34.0. The number of ether oxygens (including phenoxy) is 2. The molecule has 0 saturated carbocycles. The van der Waals surface area contributed by atoms with Crippen LogP contribution in [0.1, 0.15) is 6.92 Å². The van der Waals surface area contributed by atoms with Gasteiger partial charge in [-0.2, -0.15) is 0 Å². The fourth-order valence-corrected chi connectivity index (χ4v) is 2.46. The minimum atomic E-state index is -1.83. The van der Waals surface area contributed by atoms with E-state index in [1.807, 2.05) is 0 Å². The van der Waals surface area contributed by atoms with Gasteiger partial charge in [-0.1, -0.05) is 0 Å². The summed E-state index contributed by atoms with van der Waals surface area (Å²) in [6.45, 7) is -0.888. The first-order valence-corrected chi connectivity index (χ1v) is 7.98. The van der Waals surface area contributed by atoms with E-state index in [2.05, 4.69) is 5.32 Å². The highest BCUT2D eigenvalue weighted by Gasteiger charge is 2.44. The second-order valence-electron chi connectivity index (χ2n) is 6.07. The number of amides is 1. The molecule has 1 saturated heterocycles. The van der Waals surface area contributed by atoms with Crippen molar-refractivity contribution in [3.05, 3.63) is 0 Å². The lowest BCUT2D eigenvalue weighted by Gasteiger charge is -2.40. The number of carbonyl (C=O) groups is 1. The van der Waals surface area contributed by atoms with Gasteiger partial charge in [-0.05, 0) is 0 Å². The molecule has 9 N–H and O–H groups in total. The molecule has 0 aromatic heterocycles. The molecule has 0 radical (unpaired) electrons. The third-order valence-corrected chi connectivity index (χ3v) is 4.02. The summed E-state index contributed by atoms with van der Waals surface area (Å²) in [7, 11) is 0. The van der Waals surface area contributed by atoms with Crippen LogP contribution in [0.3, 0.4) is 0 Å². The van der Waals surface area contributed by atoms with Crippen molar-refractivity contribution in [3.63, 3.8) is 0 Å². The lowest BCUT2D eigenvalue weighted by atomic mass is 9.99.